The first-order chi connectivity index (χ1) is 8.58. The Kier molecular flexibility index (Phi) is 7.90. The summed E-state index contributed by atoms with van der Waals surface area (Å²) >= 11 is 5.99. The first-order valence-electron chi connectivity index (χ1n) is 5.17. The van der Waals surface area contributed by atoms with Gasteiger partial charge in [0, 0.05) is 7.05 Å². The molecule has 8 heteroatoms. The van der Waals surface area contributed by atoms with E-state index in [2.05, 4.69) is 25.9 Å². The summed E-state index contributed by atoms with van der Waals surface area (Å²) in [5.74, 6) is 0.194. The Bertz CT molecular complexity index is 446. The summed E-state index contributed by atoms with van der Waals surface area (Å²) in [6, 6.07) is 4.90. The third-order valence-corrected chi connectivity index (χ3v) is 2.43. The number of aliphatic imine (C=N–C) groups is 1. The monoisotopic (exact) mass is 306 g/mol. The minimum Gasteiger partial charge on any atom is -0.306 e. The van der Waals surface area contributed by atoms with Crippen molar-refractivity contribution in [3.05, 3.63) is 28.8 Å². The molecule has 3 N–H and O–H groups in total. The molecule has 0 spiro atoms. The lowest BCUT2D eigenvalue weighted by Crippen LogP contribution is -2.42. The molecule has 0 unspecified atom stereocenters. The lowest BCUT2D eigenvalue weighted by Gasteiger charge is -2.12. The summed E-state index contributed by atoms with van der Waals surface area (Å²) in [7, 11) is 2.94. The van der Waals surface area contributed by atoms with Gasteiger partial charge in [-0.05, 0) is 18.6 Å². The number of aryl methyl sites for hydroxylation is 1. The molecular formula is C11H16Cl2N4O2. The average molecular weight is 307 g/mol. The zero-order chi connectivity index (χ0) is 13.5. The number of guanidine groups is 1. The van der Waals surface area contributed by atoms with Crippen molar-refractivity contribution in [1.29, 1.82) is 0 Å². The summed E-state index contributed by atoms with van der Waals surface area (Å²) in [5.41, 5.74) is 3.85. The van der Waals surface area contributed by atoms with Gasteiger partial charge in [0.25, 0.3) is 0 Å². The topological polar surface area (TPSA) is 74.8 Å². The zero-order valence-electron chi connectivity index (χ0n) is 10.8. The molecule has 0 aliphatic rings. The highest BCUT2D eigenvalue weighted by molar-refractivity contribution is 6.34. The van der Waals surface area contributed by atoms with Gasteiger partial charge in [-0.3, -0.25) is 15.1 Å². The number of benzene rings is 1. The maximum Gasteiger partial charge on any atom is 0.326 e. The fourth-order valence-corrected chi connectivity index (χ4v) is 1.54. The zero-order valence-corrected chi connectivity index (χ0v) is 12.4. The van der Waals surface area contributed by atoms with E-state index in [-0.39, 0.29) is 18.4 Å². The van der Waals surface area contributed by atoms with Crippen LogP contribution in [0.5, 0.6) is 0 Å². The van der Waals surface area contributed by atoms with E-state index in [1.807, 2.05) is 19.1 Å². The molecule has 0 saturated heterocycles. The first-order valence-corrected chi connectivity index (χ1v) is 5.55. The number of anilines is 1. The number of hydrogen-bond acceptors (Lipinski definition) is 3. The third kappa shape index (κ3) is 5.34. The van der Waals surface area contributed by atoms with Crippen LogP contribution in [0, 0.1) is 6.92 Å². The summed E-state index contributed by atoms with van der Waals surface area (Å²) in [4.78, 5) is 20.1. The molecule has 19 heavy (non-hydrogen) atoms. The minimum absolute atomic E-state index is 0. The number of amides is 2. The molecule has 0 aromatic heterocycles. The largest absolute Gasteiger partial charge is 0.326 e. The van der Waals surface area contributed by atoms with Gasteiger partial charge in [-0.1, -0.05) is 23.7 Å². The van der Waals surface area contributed by atoms with Crippen LogP contribution in [0.25, 0.3) is 0 Å². The van der Waals surface area contributed by atoms with Gasteiger partial charge in [0.1, 0.15) is 0 Å². The fraction of sp³-hybridized carbons (Fsp3) is 0.273. The normalized spacial score (nSPS) is 10.4. The predicted molar refractivity (Wildman–Crippen MR) is 79.1 cm³/mol. The number of urea groups is 1. The van der Waals surface area contributed by atoms with Crippen LogP contribution < -0.4 is 16.1 Å². The standard InChI is InChI=1S/C11H15ClN4O2.ClH/c1-7-5-4-6-8(12)9(7)14-11(17)15-10(13-2)16-18-3;/h4-6H,1-3H3,(H3,13,14,15,16,17);1H. The summed E-state index contributed by atoms with van der Waals surface area (Å²) < 4.78 is 0. The highest BCUT2D eigenvalue weighted by Gasteiger charge is 2.09. The van der Waals surface area contributed by atoms with Crippen molar-refractivity contribution in [2.24, 2.45) is 4.99 Å². The molecule has 0 bridgehead atoms. The Balaban J connectivity index is 0.00000324. The molecule has 0 aliphatic heterocycles. The summed E-state index contributed by atoms with van der Waals surface area (Å²) in [6.45, 7) is 1.85. The number of rotatable bonds is 2. The number of hydroxylamine groups is 1. The quantitative estimate of drug-likeness (QED) is 0.446. The molecule has 0 saturated carbocycles. The Morgan fingerprint density at radius 3 is 2.63 bits per heavy atom. The van der Waals surface area contributed by atoms with Crippen LogP contribution in [0.4, 0.5) is 10.5 Å². The highest BCUT2D eigenvalue weighted by Crippen LogP contribution is 2.24. The SMILES string of the molecule is CN=C(NOC)NC(=O)Nc1c(C)cccc1Cl.Cl. The van der Waals surface area contributed by atoms with Gasteiger partial charge in [-0.25, -0.2) is 10.3 Å². The molecule has 0 aliphatic carbocycles. The van der Waals surface area contributed by atoms with Crippen LogP contribution in [-0.2, 0) is 4.84 Å². The Hall–Kier alpha value is -1.50. The Morgan fingerprint density at radius 2 is 2.11 bits per heavy atom. The van der Waals surface area contributed by atoms with Gasteiger partial charge < -0.3 is 5.32 Å². The van der Waals surface area contributed by atoms with Crippen molar-refractivity contribution in [1.82, 2.24) is 10.8 Å². The molecule has 0 fully saturated rings. The van der Waals surface area contributed by atoms with Gasteiger partial charge in [0.15, 0.2) is 0 Å². The summed E-state index contributed by atoms with van der Waals surface area (Å²) in [6.07, 6.45) is 0. The van der Waals surface area contributed by atoms with E-state index in [9.17, 15) is 4.79 Å². The fourth-order valence-electron chi connectivity index (χ4n) is 1.27. The van der Waals surface area contributed by atoms with Gasteiger partial charge >= 0.3 is 6.03 Å². The summed E-state index contributed by atoms with van der Waals surface area (Å²) in [5, 5.41) is 5.59. The van der Waals surface area contributed by atoms with Gasteiger partial charge in [0.2, 0.25) is 5.96 Å². The first kappa shape index (κ1) is 17.5. The van der Waals surface area contributed by atoms with E-state index >= 15 is 0 Å². The third-order valence-electron chi connectivity index (χ3n) is 2.11. The van der Waals surface area contributed by atoms with Crippen LogP contribution in [0.15, 0.2) is 23.2 Å². The van der Waals surface area contributed by atoms with E-state index < -0.39 is 6.03 Å². The lowest BCUT2D eigenvalue weighted by atomic mass is 10.2. The van der Waals surface area contributed by atoms with E-state index in [1.54, 1.807) is 6.07 Å². The van der Waals surface area contributed by atoms with Crippen molar-refractivity contribution >= 4 is 41.7 Å². The smallest absolute Gasteiger partial charge is 0.306 e. The van der Waals surface area contributed by atoms with Crippen LogP contribution in [0.2, 0.25) is 5.02 Å². The Labute approximate surface area is 122 Å². The molecular weight excluding hydrogens is 291 g/mol. The second-order valence-electron chi connectivity index (χ2n) is 3.39. The van der Waals surface area contributed by atoms with E-state index in [0.717, 1.165) is 5.56 Å². The van der Waals surface area contributed by atoms with Crippen molar-refractivity contribution in [3.63, 3.8) is 0 Å². The number of hydrogen-bond donors (Lipinski definition) is 3. The van der Waals surface area contributed by atoms with E-state index in [0.29, 0.717) is 10.7 Å². The maximum absolute atomic E-state index is 11.7. The number of nitrogens with zero attached hydrogens (tertiary/aromatic N) is 1. The van der Waals surface area contributed by atoms with Crippen LogP contribution >= 0.6 is 24.0 Å². The molecule has 106 valence electrons. The molecule has 1 aromatic rings. The minimum atomic E-state index is -0.462. The van der Waals surface area contributed by atoms with Crippen molar-refractivity contribution < 1.29 is 9.63 Å². The van der Waals surface area contributed by atoms with Crippen molar-refractivity contribution in [2.75, 3.05) is 19.5 Å². The van der Waals surface area contributed by atoms with Crippen LogP contribution in [0.3, 0.4) is 0 Å². The molecule has 1 aromatic carbocycles. The van der Waals surface area contributed by atoms with E-state index in [4.69, 9.17) is 11.6 Å². The van der Waals surface area contributed by atoms with E-state index in [1.165, 1.54) is 14.2 Å². The van der Waals surface area contributed by atoms with Crippen molar-refractivity contribution in [2.45, 2.75) is 6.92 Å². The maximum atomic E-state index is 11.7. The molecule has 0 heterocycles. The highest BCUT2D eigenvalue weighted by atomic mass is 35.5. The Morgan fingerprint density at radius 1 is 1.42 bits per heavy atom. The molecule has 0 atom stereocenters. The molecule has 2 amide bonds. The molecule has 0 radical (unpaired) electrons. The van der Waals surface area contributed by atoms with Crippen LogP contribution in [0.1, 0.15) is 5.56 Å². The second kappa shape index (κ2) is 8.58. The van der Waals surface area contributed by atoms with Gasteiger partial charge in [-0.2, -0.15) is 0 Å². The van der Waals surface area contributed by atoms with Crippen LogP contribution in [-0.4, -0.2) is 26.1 Å². The number of halogens is 2. The number of para-hydroxylation sites is 1. The van der Waals surface area contributed by atoms with Gasteiger partial charge in [-0.15, -0.1) is 12.4 Å². The number of nitrogens with one attached hydrogen (secondary N) is 3. The molecule has 1 rings (SSSR count). The predicted octanol–water partition coefficient (Wildman–Crippen LogP) is 2.33. The molecule has 6 nitrogen and oxygen atoms in total. The van der Waals surface area contributed by atoms with Gasteiger partial charge in [0.05, 0.1) is 17.8 Å². The number of carbonyl (C=O) groups excluding carboxylic acids is 1. The number of carbonyl (C=O) groups is 1. The second-order valence-corrected chi connectivity index (χ2v) is 3.80. The lowest BCUT2D eigenvalue weighted by molar-refractivity contribution is 0.141. The van der Waals surface area contributed by atoms with Crippen molar-refractivity contribution in [3.8, 4) is 0 Å². The average Bonchev–Trinajstić information content (AvgIpc) is 2.33.